The highest BCUT2D eigenvalue weighted by atomic mass is 16.3. The van der Waals surface area contributed by atoms with Gasteiger partial charge in [0.05, 0.1) is 0 Å². The van der Waals surface area contributed by atoms with Gasteiger partial charge >= 0.3 is 0 Å². The van der Waals surface area contributed by atoms with Crippen LogP contribution in [0, 0.1) is 5.92 Å². The summed E-state index contributed by atoms with van der Waals surface area (Å²) in [6, 6.07) is 0. The maximum atomic E-state index is 8.79. The molecule has 0 bridgehead atoms. The lowest BCUT2D eigenvalue weighted by Gasteiger charge is -2.15. The third kappa shape index (κ3) is 5.14. The van der Waals surface area contributed by atoms with Crippen LogP contribution in [0.15, 0.2) is 24.3 Å². The second-order valence-electron chi connectivity index (χ2n) is 3.55. The van der Waals surface area contributed by atoms with Gasteiger partial charge in [-0.25, -0.2) is 0 Å². The van der Waals surface area contributed by atoms with Gasteiger partial charge in [0.15, 0.2) is 0 Å². The standard InChI is InChI=1S/C11H20O/c1-9(2)5-6-11(7-8-12)10(3)4/h11-12H,1,3,5-8H2,2,4H3. The Morgan fingerprint density at radius 3 is 2.17 bits per heavy atom. The molecule has 0 aromatic rings. The molecule has 1 heteroatoms. The number of aliphatic hydroxyl groups excluding tert-OH is 1. The van der Waals surface area contributed by atoms with Crippen molar-refractivity contribution in [2.24, 2.45) is 5.92 Å². The minimum atomic E-state index is 0.258. The molecule has 1 unspecified atom stereocenters. The van der Waals surface area contributed by atoms with Crippen LogP contribution in [0.3, 0.4) is 0 Å². The molecular weight excluding hydrogens is 148 g/mol. The van der Waals surface area contributed by atoms with E-state index < -0.39 is 0 Å². The molecule has 0 aliphatic rings. The summed E-state index contributed by atoms with van der Waals surface area (Å²) in [5.74, 6) is 0.465. The molecule has 0 amide bonds. The monoisotopic (exact) mass is 168 g/mol. The van der Waals surface area contributed by atoms with Gasteiger partial charge < -0.3 is 5.11 Å². The maximum absolute atomic E-state index is 8.79. The van der Waals surface area contributed by atoms with E-state index in [1.165, 1.54) is 11.1 Å². The van der Waals surface area contributed by atoms with Crippen molar-refractivity contribution in [2.45, 2.75) is 33.1 Å². The Morgan fingerprint density at radius 2 is 1.83 bits per heavy atom. The third-order valence-electron chi connectivity index (χ3n) is 2.09. The fraction of sp³-hybridized carbons (Fsp3) is 0.636. The highest BCUT2D eigenvalue weighted by molar-refractivity contribution is 4.98. The number of aliphatic hydroxyl groups is 1. The molecule has 70 valence electrons. The topological polar surface area (TPSA) is 20.2 Å². The number of rotatable bonds is 6. The van der Waals surface area contributed by atoms with E-state index in [1.807, 2.05) is 13.8 Å². The van der Waals surface area contributed by atoms with Crippen molar-refractivity contribution in [1.82, 2.24) is 0 Å². The minimum Gasteiger partial charge on any atom is -0.396 e. The molecule has 0 aliphatic heterocycles. The predicted octanol–water partition coefficient (Wildman–Crippen LogP) is 2.92. The largest absolute Gasteiger partial charge is 0.396 e. The molecule has 0 rings (SSSR count). The van der Waals surface area contributed by atoms with Crippen LogP contribution in [0.2, 0.25) is 0 Å². The van der Waals surface area contributed by atoms with Crippen LogP contribution in [0.25, 0.3) is 0 Å². The summed E-state index contributed by atoms with van der Waals surface area (Å²) >= 11 is 0. The summed E-state index contributed by atoms with van der Waals surface area (Å²) in [5.41, 5.74) is 2.38. The van der Waals surface area contributed by atoms with Crippen molar-refractivity contribution < 1.29 is 5.11 Å². The van der Waals surface area contributed by atoms with Gasteiger partial charge in [0, 0.05) is 6.61 Å². The van der Waals surface area contributed by atoms with Crippen LogP contribution in [-0.4, -0.2) is 11.7 Å². The van der Waals surface area contributed by atoms with Gasteiger partial charge in [-0.15, -0.1) is 6.58 Å². The number of hydrogen-bond donors (Lipinski definition) is 1. The fourth-order valence-corrected chi connectivity index (χ4v) is 1.21. The predicted molar refractivity (Wildman–Crippen MR) is 54.1 cm³/mol. The zero-order chi connectivity index (χ0) is 9.56. The Balaban J connectivity index is 3.79. The third-order valence-corrected chi connectivity index (χ3v) is 2.09. The van der Waals surface area contributed by atoms with E-state index >= 15 is 0 Å². The lowest BCUT2D eigenvalue weighted by atomic mass is 9.92. The zero-order valence-corrected chi connectivity index (χ0v) is 8.27. The first-order valence-electron chi connectivity index (χ1n) is 4.48. The van der Waals surface area contributed by atoms with E-state index in [1.54, 1.807) is 0 Å². The molecule has 0 heterocycles. The summed E-state index contributed by atoms with van der Waals surface area (Å²) in [5, 5.41) is 8.79. The quantitative estimate of drug-likeness (QED) is 0.605. The molecule has 0 aliphatic carbocycles. The maximum Gasteiger partial charge on any atom is 0.0436 e. The molecule has 0 radical (unpaired) electrons. The van der Waals surface area contributed by atoms with Gasteiger partial charge in [0.1, 0.15) is 0 Å². The lowest BCUT2D eigenvalue weighted by molar-refractivity contribution is 0.263. The van der Waals surface area contributed by atoms with Gasteiger partial charge in [0.25, 0.3) is 0 Å². The Kier molecular flexibility index (Phi) is 5.73. The lowest BCUT2D eigenvalue weighted by Crippen LogP contribution is -2.04. The first-order valence-corrected chi connectivity index (χ1v) is 4.48. The zero-order valence-electron chi connectivity index (χ0n) is 8.27. The van der Waals surface area contributed by atoms with Crippen LogP contribution in [0.4, 0.5) is 0 Å². The van der Waals surface area contributed by atoms with Crippen LogP contribution >= 0.6 is 0 Å². The average Bonchev–Trinajstić information content (AvgIpc) is 1.96. The summed E-state index contributed by atoms with van der Waals surface area (Å²) in [4.78, 5) is 0. The second-order valence-corrected chi connectivity index (χ2v) is 3.55. The van der Waals surface area contributed by atoms with E-state index in [9.17, 15) is 0 Å². The van der Waals surface area contributed by atoms with E-state index in [0.29, 0.717) is 5.92 Å². The van der Waals surface area contributed by atoms with Crippen molar-refractivity contribution in [3.63, 3.8) is 0 Å². The van der Waals surface area contributed by atoms with Crippen LogP contribution in [-0.2, 0) is 0 Å². The van der Waals surface area contributed by atoms with Crippen molar-refractivity contribution in [3.8, 4) is 0 Å². The summed E-state index contributed by atoms with van der Waals surface area (Å²) in [6.45, 7) is 12.1. The number of hydrogen-bond acceptors (Lipinski definition) is 1. The van der Waals surface area contributed by atoms with E-state index in [0.717, 1.165) is 19.3 Å². The molecule has 0 aromatic carbocycles. The Labute approximate surface area is 75.8 Å². The summed E-state index contributed by atoms with van der Waals surface area (Å²) in [6.07, 6.45) is 2.95. The molecule has 1 atom stereocenters. The molecule has 0 saturated carbocycles. The first kappa shape index (κ1) is 11.4. The molecular formula is C11H20O. The highest BCUT2D eigenvalue weighted by Gasteiger charge is 2.07. The van der Waals surface area contributed by atoms with Gasteiger partial charge in [0.2, 0.25) is 0 Å². The molecule has 12 heavy (non-hydrogen) atoms. The van der Waals surface area contributed by atoms with Gasteiger partial charge in [-0.05, 0) is 39.0 Å². The average molecular weight is 168 g/mol. The van der Waals surface area contributed by atoms with E-state index in [-0.39, 0.29) is 6.61 Å². The van der Waals surface area contributed by atoms with Crippen molar-refractivity contribution in [3.05, 3.63) is 24.3 Å². The van der Waals surface area contributed by atoms with Gasteiger partial charge in [-0.1, -0.05) is 17.7 Å². The molecule has 1 N–H and O–H groups in total. The second kappa shape index (κ2) is 6.01. The van der Waals surface area contributed by atoms with Crippen LogP contribution < -0.4 is 0 Å². The molecule has 0 saturated heterocycles. The van der Waals surface area contributed by atoms with Crippen LogP contribution in [0.1, 0.15) is 33.1 Å². The van der Waals surface area contributed by atoms with Crippen LogP contribution in [0.5, 0.6) is 0 Å². The summed E-state index contributed by atoms with van der Waals surface area (Å²) < 4.78 is 0. The van der Waals surface area contributed by atoms with Gasteiger partial charge in [-0.3, -0.25) is 0 Å². The molecule has 0 spiro atoms. The summed E-state index contributed by atoms with van der Waals surface area (Å²) in [7, 11) is 0. The smallest absolute Gasteiger partial charge is 0.0436 e. The van der Waals surface area contributed by atoms with Crippen molar-refractivity contribution in [1.29, 1.82) is 0 Å². The SMILES string of the molecule is C=C(C)CCC(CCO)C(=C)C. The normalized spacial score (nSPS) is 12.6. The van der Waals surface area contributed by atoms with Crippen molar-refractivity contribution >= 4 is 0 Å². The Bertz CT molecular complexity index is 158. The molecule has 0 aromatic heterocycles. The van der Waals surface area contributed by atoms with E-state index in [4.69, 9.17) is 5.11 Å². The number of allylic oxidation sites excluding steroid dienone is 2. The minimum absolute atomic E-state index is 0.258. The van der Waals surface area contributed by atoms with Gasteiger partial charge in [-0.2, -0.15) is 0 Å². The molecule has 0 fully saturated rings. The Morgan fingerprint density at radius 1 is 1.25 bits per heavy atom. The van der Waals surface area contributed by atoms with Crippen molar-refractivity contribution in [2.75, 3.05) is 6.61 Å². The molecule has 1 nitrogen and oxygen atoms in total. The van der Waals surface area contributed by atoms with E-state index in [2.05, 4.69) is 13.2 Å². The fourth-order valence-electron chi connectivity index (χ4n) is 1.21. The Hall–Kier alpha value is -0.560. The first-order chi connectivity index (χ1) is 5.57. The highest BCUT2D eigenvalue weighted by Crippen LogP contribution is 2.20.